The Balaban J connectivity index is 1.23. The molecule has 1 aliphatic heterocycles. The first-order valence-corrected chi connectivity index (χ1v) is 10.4. The van der Waals surface area contributed by atoms with E-state index in [1.807, 2.05) is 0 Å². The molecule has 3 aromatic rings. The second-order valence-electron chi connectivity index (χ2n) is 7.89. The number of rotatable bonds is 7. The summed E-state index contributed by atoms with van der Waals surface area (Å²) in [6.07, 6.45) is 2.95. The fourth-order valence-electron chi connectivity index (χ4n) is 4.08. The van der Waals surface area contributed by atoms with E-state index < -0.39 is 0 Å². The zero-order chi connectivity index (χ0) is 21.1. The van der Waals surface area contributed by atoms with Gasteiger partial charge in [-0.25, -0.2) is 4.39 Å². The van der Waals surface area contributed by atoms with E-state index in [1.165, 1.54) is 25.1 Å². The van der Waals surface area contributed by atoms with Crippen LogP contribution in [0.4, 0.5) is 10.1 Å². The fourth-order valence-corrected chi connectivity index (χ4v) is 4.08. The number of halogens is 1. The number of likely N-dealkylation sites (tertiary alicyclic amines) is 1. The van der Waals surface area contributed by atoms with Crippen molar-refractivity contribution in [1.29, 1.82) is 0 Å². The molecular weight excluding hydrogens is 385 g/mol. The number of hydrogen-bond acceptors (Lipinski definition) is 6. The van der Waals surface area contributed by atoms with Gasteiger partial charge in [0.1, 0.15) is 11.6 Å². The fraction of sp³-hybridized carbons (Fsp3) is 0.391. The average molecular weight is 411 g/mol. The number of aromatic hydroxyl groups is 1. The minimum absolute atomic E-state index is 0.0639. The topological polar surface area (TPSA) is 78.6 Å². The van der Waals surface area contributed by atoms with Crippen LogP contribution in [0, 0.1) is 5.82 Å². The van der Waals surface area contributed by atoms with Gasteiger partial charge in [0.15, 0.2) is 11.4 Å². The van der Waals surface area contributed by atoms with Crippen molar-refractivity contribution in [1.82, 2.24) is 10.1 Å². The molecule has 0 saturated carbocycles. The maximum absolute atomic E-state index is 13.3. The maximum Gasteiger partial charge on any atom is 0.170 e. The predicted molar refractivity (Wildman–Crippen MR) is 114 cm³/mol. The Morgan fingerprint density at radius 1 is 1.27 bits per heavy atom. The zero-order valence-corrected chi connectivity index (χ0v) is 17.0. The summed E-state index contributed by atoms with van der Waals surface area (Å²) in [5.74, 6) is 0.0637. The molecule has 0 radical (unpaired) electrons. The number of fused-ring (bicyclic) bond motifs is 1. The summed E-state index contributed by atoms with van der Waals surface area (Å²) < 4.78 is 18.7. The summed E-state index contributed by atoms with van der Waals surface area (Å²) in [4.78, 5) is 13.8. The van der Waals surface area contributed by atoms with Gasteiger partial charge in [0.05, 0.1) is 11.4 Å². The quantitative estimate of drug-likeness (QED) is 0.337. The lowest BCUT2D eigenvalue weighted by Gasteiger charge is -2.31. The van der Waals surface area contributed by atoms with Crippen molar-refractivity contribution in [3.05, 3.63) is 53.5 Å². The lowest BCUT2D eigenvalue weighted by molar-refractivity contribution is 0.101. The van der Waals surface area contributed by atoms with Gasteiger partial charge in [-0.2, -0.15) is 0 Å². The van der Waals surface area contributed by atoms with E-state index in [1.54, 1.807) is 18.2 Å². The normalized spacial score (nSPS) is 15.5. The number of ketones is 1. The number of aromatic nitrogens is 1. The molecule has 0 aliphatic carbocycles. The van der Waals surface area contributed by atoms with Crippen LogP contribution in [-0.4, -0.2) is 47.1 Å². The van der Waals surface area contributed by atoms with Gasteiger partial charge >= 0.3 is 0 Å². The van der Waals surface area contributed by atoms with Crippen LogP contribution in [-0.2, 0) is 0 Å². The highest BCUT2D eigenvalue weighted by Crippen LogP contribution is 2.32. The number of nitrogens with zero attached hydrogens (tertiary/aromatic N) is 2. The van der Waals surface area contributed by atoms with Crippen LogP contribution in [0.3, 0.4) is 0 Å². The Morgan fingerprint density at radius 2 is 2.07 bits per heavy atom. The smallest absolute Gasteiger partial charge is 0.170 e. The van der Waals surface area contributed by atoms with Crippen LogP contribution in [0.15, 0.2) is 40.9 Å². The average Bonchev–Trinajstić information content (AvgIpc) is 3.15. The lowest BCUT2D eigenvalue weighted by atomic mass is 9.91. The Morgan fingerprint density at radius 3 is 2.80 bits per heavy atom. The van der Waals surface area contributed by atoms with Crippen molar-refractivity contribution in [2.45, 2.75) is 32.1 Å². The number of carbonyl (C=O) groups is 1. The monoisotopic (exact) mass is 411 g/mol. The van der Waals surface area contributed by atoms with Crippen molar-refractivity contribution < 1.29 is 18.8 Å². The van der Waals surface area contributed by atoms with Crippen molar-refractivity contribution in [2.24, 2.45) is 0 Å². The molecule has 0 unspecified atom stereocenters. The minimum atomic E-state index is -0.309. The molecule has 0 atom stereocenters. The molecule has 2 aromatic carbocycles. The Hall–Kier alpha value is -2.93. The van der Waals surface area contributed by atoms with Crippen LogP contribution in [0.2, 0.25) is 0 Å². The summed E-state index contributed by atoms with van der Waals surface area (Å²) in [5.41, 5.74) is 2.60. The molecule has 1 aliphatic rings. The molecule has 0 spiro atoms. The number of nitrogens with one attached hydrogen (secondary N) is 1. The molecule has 30 heavy (non-hydrogen) atoms. The summed E-state index contributed by atoms with van der Waals surface area (Å²) in [5, 5.41) is 18.4. The van der Waals surface area contributed by atoms with E-state index >= 15 is 0 Å². The lowest BCUT2D eigenvalue weighted by Crippen LogP contribution is -2.34. The van der Waals surface area contributed by atoms with Gasteiger partial charge in [-0.05, 0) is 76.2 Å². The number of phenols is 1. The van der Waals surface area contributed by atoms with E-state index in [0.717, 1.165) is 56.5 Å². The number of phenolic OH excluding ortho intramolecular Hbond substituents is 1. The van der Waals surface area contributed by atoms with Crippen LogP contribution >= 0.6 is 0 Å². The number of piperidine rings is 1. The van der Waals surface area contributed by atoms with Crippen LogP contribution in [0.5, 0.6) is 5.75 Å². The van der Waals surface area contributed by atoms with Gasteiger partial charge in [-0.15, -0.1) is 0 Å². The minimum Gasteiger partial charge on any atom is -0.506 e. The van der Waals surface area contributed by atoms with Crippen LogP contribution < -0.4 is 5.32 Å². The molecular formula is C23H26FN3O3. The van der Waals surface area contributed by atoms with Crippen molar-refractivity contribution in [2.75, 3.05) is 31.5 Å². The first-order valence-electron chi connectivity index (χ1n) is 10.4. The SMILES string of the molecule is CC(=O)c1ccc(NCCCN2CCC(c3noc4cc(F)ccc34)CC2)c(O)c1. The number of anilines is 1. The second kappa shape index (κ2) is 8.83. The van der Waals surface area contributed by atoms with Gasteiger partial charge in [0, 0.05) is 29.5 Å². The largest absolute Gasteiger partial charge is 0.506 e. The molecule has 1 fully saturated rings. The van der Waals surface area contributed by atoms with Crippen LogP contribution in [0.1, 0.15) is 48.2 Å². The Labute approximate surface area is 174 Å². The van der Waals surface area contributed by atoms with E-state index in [0.29, 0.717) is 22.8 Å². The van der Waals surface area contributed by atoms with Crippen LogP contribution in [0.25, 0.3) is 11.0 Å². The molecule has 0 bridgehead atoms. The van der Waals surface area contributed by atoms with Gasteiger partial charge in [-0.1, -0.05) is 5.16 Å². The zero-order valence-electron chi connectivity index (χ0n) is 17.0. The summed E-state index contributed by atoms with van der Waals surface area (Å²) in [6.45, 7) is 5.16. The highest BCUT2D eigenvalue weighted by molar-refractivity contribution is 5.95. The van der Waals surface area contributed by atoms with E-state index in [2.05, 4.69) is 15.4 Å². The summed E-state index contributed by atoms with van der Waals surface area (Å²) in [7, 11) is 0. The summed E-state index contributed by atoms with van der Waals surface area (Å²) in [6, 6.07) is 9.56. The second-order valence-corrected chi connectivity index (χ2v) is 7.89. The Bertz CT molecular complexity index is 1040. The van der Waals surface area contributed by atoms with E-state index in [-0.39, 0.29) is 17.3 Å². The van der Waals surface area contributed by atoms with Crippen molar-refractivity contribution >= 4 is 22.4 Å². The third-order valence-electron chi connectivity index (χ3n) is 5.81. The summed E-state index contributed by atoms with van der Waals surface area (Å²) >= 11 is 0. The highest BCUT2D eigenvalue weighted by atomic mass is 19.1. The van der Waals surface area contributed by atoms with Crippen molar-refractivity contribution in [3.8, 4) is 5.75 Å². The first kappa shape index (κ1) is 20.3. The molecule has 1 aromatic heterocycles. The third-order valence-corrected chi connectivity index (χ3v) is 5.81. The third kappa shape index (κ3) is 4.46. The Kier molecular flexibility index (Phi) is 5.99. The molecule has 0 amide bonds. The maximum atomic E-state index is 13.3. The first-order chi connectivity index (χ1) is 14.5. The molecule has 158 valence electrons. The molecule has 6 nitrogen and oxygen atoms in total. The highest BCUT2D eigenvalue weighted by Gasteiger charge is 2.24. The van der Waals surface area contributed by atoms with Gasteiger partial charge in [0.2, 0.25) is 0 Å². The van der Waals surface area contributed by atoms with E-state index in [4.69, 9.17) is 4.52 Å². The number of benzene rings is 2. The number of carbonyl (C=O) groups excluding carboxylic acids is 1. The molecule has 2 heterocycles. The molecule has 4 rings (SSSR count). The number of Topliss-reactive ketones (excluding diaryl/α,β-unsaturated/α-hetero) is 1. The van der Waals surface area contributed by atoms with E-state index in [9.17, 15) is 14.3 Å². The standard InChI is InChI=1S/C23H26FN3O3/c1-15(28)17-3-6-20(21(29)13-17)25-9-2-10-27-11-7-16(8-12-27)23-19-5-4-18(24)14-22(19)30-26-23/h3-6,13-14,16,25,29H,2,7-12H2,1H3. The molecule has 7 heteroatoms. The molecule has 2 N–H and O–H groups in total. The van der Waals surface area contributed by atoms with Crippen molar-refractivity contribution in [3.63, 3.8) is 0 Å². The number of hydrogen-bond donors (Lipinski definition) is 2. The predicted octanol–water partition coefficient (Wildman–Crippen LogP) is 4.56. The van der Waals surface area contributed by atoms with Gasteiger partial charge in [-0.3, -0.25) is 4.79 Å². The molecule has 1 saturated heterocycles. The van der Waals surface area contributed by atoms with Gasteiger partial charge < -0.3 is 19.8 Å². The van der Waals surface area contributed by atoms with Gasteiger partial charge in [0.25, 0.3) is 0 Å².